The van der Waals surface area contributed by atoms with Gasteiger partial charge < -0.3 is 10.5 Å². The first-order valence-corrected chi connectivity index (χ1v) is 7.49. The first-order chi connectivity index (χ1) is 9.05. The van der Waals surface area contributed by atoms with Crippen LogP contribution in [0.5, 0.6) is 0 Å². The first-order valence-electron chi connectivity index (χ1n) is 7.11. The average molecular weight is 282 g/mol. The second-order valence-corrected chi connectivity index (χ2v) is 6.32. The van der Waals surface area contributed by atoms with E-state index in [1.165, 1.54) is 18.4 Å². The van der Waals surface area contributed by atoms with Gasteiger partial charge in [0.05, 0.1) is 5.60 Å². The van der Waals surface area contributed by atoms with Crippen LogP contribution in [0, 0.1) is 5.92 Å². The molecular formula is C16H24ClNO. The van der Waals surface area contributed by atoms with Gasteiger partial charge in [-0.05, 0) is 55.7 Å². The average Bonchev–Trinajstić information content (AvgIpc) is 2.42. The molecule has 2 nitrogen and oxygen atoms in total. The molecule has 2 rings (SSSR count). The summed E-state index contributed by atoms with van der Waals surface area (Å²) in [5.41, 5.74) is 7.53. The Labute approximate surface area is 121 Å². The van der Waals surface area contributed by atoms with Gasteiger partial charge in [-0.3, -0.25) is 0 Å². The van der Waals surface area contributed by atoms with Crippen molar-refractivity contribution in [2.24, 2.45) is 11.7 Å². The number of rotatable bonds is 4. The van der Waals surface area contributed by atoms with Crippen LogP contribution in [0.25, 0.3) is 0 Å². The van der Waals surface area contributed by atoms with Crippen molar-refractivity contribution in [3.8, 4) is 0 Å². The van der Waals surface area contributed by atoms with E-state index in [9.17, 15) is 0 Å². The maximum atomic E-state index is 6.45. The lowest BCUT2D eigenvalue weighted by atomic mass is 9.74. The molecule has 1 aliphatic carbocycles. The molecule has 19 heavy (non-hydrogen) atoms. The monoisotopic (exact) mass is 281 g/mol. The highest BCUT2D eigenvalue weighted by Gasteiger charge is 2.39. The quantitative estimate of drug-likeness (QED) is 0.911. The highest BCUT2D eigenvalue weighted by Crippen LogP contribution is 2.37. The molecule has 3 heteroatoms. The molecule has 0 amide bonds. The summed E-state index contributed by atoms with van der Waals surface area (Å²) >= 11 is 5.91. The number of benzene rings is 1. The molecule has 0 spiro atoms. The van der Waals surface area contributed by atoms with Crippen LogP contribution in [0.4, 0.5) is 0 Å². The summed E-state index contributed by atoms with van der Waals surface area (Å²) in [5, 5.41) is 0.769. The summed E-state index contributed by atoms with van der Waals surface area (Å²) in [4.78, 5) is 0. The van der Waals surface area contributed by atoms with Crippen LogP contribution >= 0.6 is 11.6 Å². The summed E-state index contributed by atoms with van der Waals surface area (Å²) in [6, 6.07) is 8.00. The van der Waals surface area contributed by atoms with E-state index in [0.717, 1.165) is 30.2 Å². The number of hydrogen-bond acceptors (Lipinski definition) is 2. The predicted octanol–water partition coefficient (Wildman–Crippen LogP) is 3.81. The van der Waals surface area contributed by atoms with Gasteiger partial charge in [-0.1, -0.05) is 30.7 Å². The lowest BCUT2D eigenvalue weighted by Gasteiger charge is -2.42. The van der Waals surface area contributed by atoms with Crippen molar-refractivity contribution in [2.45, 2.75) is 50.7 Å². The van der Waals surface area contributed by atoms with Crippen molar-refractivity contribution in [1.29, 1.82) is 0 Å². The summed E-state index contributed by atoms with van der Waals surface area (Å²) in [7, 11) is 1.80. The van der Waals surface area contributed by atoms with Crippen LogP contribution in [-0.4, -0.2) is 18.8 Å². The van der Waals surface area contributed by atoms with Crippen LogP contribution in [0.15, 0.2) is 24.3 Å². The summed E-state index contributed by atoms with van der Waals surface area (Å²) < 4.78 is 5.83. The zero-order valence-electron chi connectivity index (χ0n) is 11.9. The standard InChI is InChI=1S/C16H24ClNO/c1-12-7-9-16(19-2,10-8-12)15(18)11-13-3-5-14(17)6-4-13/h3-6,12,15H,7-11,18H2,1-2H3. The summed E-state index contributed by atoms with van der Waals surface area (Å²) in [6.07, 6.45) is 5.41. The van der Waals surface area contributed by atoms with Crippen LogP contribution in [-0.2, 0) is 11.2 Å². The third kappa shape index (κ3) is 3.50. The Morgan fingerprint density at radius 2 is 1.89 bits per heavy atom. The van der Waals surface area contributed by atoms with Gasteiger partial charge in [0, 0.05) is 18.2 Å². The zero-order valence-corrected chi connectivity index (χ0v) is 12.6. The number of ether oxygens (including phenoxy) is 1. The number of halogens is 1. The molecule has 0 radical (unpaired) electrons. The SMILES string of the molecule is COC1(C(N)Cc2ccc(Cl)cc2)CCC(C)CC1. The van der Waals surface area contributed by atoms with E-state index in [2.05, 4.69) is 19.1 Å². The Bertz CT molecular complexity index is 396. The molecule has 1 aromatic rings. The Hall–Kier alpha value is -0.570. The molecule has 1 unspecified atom stereocenters. The third-order valence-corrected chi connectivity index (χ3v) is 4.82. The lowest BCUT2D eigenvalue weighted by molar-refractivity contribution is -0.0659. The van der Waals surface area contributed by atoms with Gasteiger partial charge in [-0.2, -0.15) is 0 Å². The molecule has 0 aromatic heterocycles. The predicted molar refractivity (Wildman–Crippen MR) is 80.5 cm³/mol. The van der Waals surface area contributed by atoms with Gasteiger partial charge in [0.2, 0.25) is 0 Å². The molecule has 2 N–H and O–H groups in total. The highest BCUT2D eigenvalue weighted by atomic mass is 35.5. The van der Waals surface area contributed by atoms with Gasteiger partial charge in [-0.15, -0.1) is 0 Å². The minimum Gasteiger partial charge on any atom is -0.377 e. The summed E-state index contributed by atoms with van der Waals surface area (Å²) in [6.45, 7) is 2.31. The Morgan fingerprint density at radius 3 is 2.42 bits per heavy atom. The Balaban J connectivity index is 2.04. The van der Waals surface area contributed by atoms with Gasteiger partial charge >= 0.3 is 0 Å². The van der Waals surface area contributed by atoms with Crippen molar-refractivity contribution < 1.29 is 4.74 Å². The molecular weight excluding hydrogens is 258 g/mol. The molecule has 0 aliphatic heterocycles. The zero-order chi connectivity index (χ0) is 13.9. The van der Waals surface area contributed by atoms with E-state index in [-0.39, 0.29) is 11.6 Å². The minimum absolute atomic E-state index is 0.0474. The largest absolute Gasteiger partial charge is 0.377 e. The van der Waals surface area contributed by atoms with Crippen molar-refractivity contribution >= 4 is 11.6 Å². The Morgan fingerprint density at radius 1 is 1.32 bits per heavy atom. The molecule has 1 aliphatic rings. The van der Waals surface area contributed by atoms with Crippen molar-refractivity contribution in [3.63, 3.8) is 0 Å². The molecule has 0 heterocycles. The fourth-order valence-corrected chi connectivity index (χ4v) is 3.16. The third-order valence-electron chi connectivity index (χ3n) is 4.57. The number of hydrogen-bond donors (Lipinski definition) is 1. The minimum atomic E-state index is -0.147. The lowest BCUT2D eigenvalue weighted by Crippen LogP contribution is -2.52. The first kappa shape index (κ1) is 14.8. The van der Waals surface area contributed by atoms with Crippen LogP contribution in [0.1, 0.15) is 38.2 Å². The maximum absolute atomic E-state index is 6.45. The van der Waals surface area contributed by atoms with Crippen LogP contribution in [0.2, 0.25) is 5.02 Å². The van der Waals surface area contributed by atoms with Crippen LogP contribution in [0.3, 0.4) is 0 Å². The fraction of sp³-hybridized carbons (Fsp3) is 0.625. The van der Waals surface area contributed by atoms with E-state index in [1.807, 2.05) is 12.1 Å². The topological polar surface area (TPSA) is 35.2 Å². The van der Waals surface area contributed by atoms with Crippen LogP contribution < -0.4 is 5.73 Å². The van der Waals surface area contributed by atoms with Gasteiger partial charge in [0.15, 0.2) is 0 Å². The molecule has 0 saturated heterocycles. The normalized spacial score (nSPS) is 29.2. The van der Waals surface area contributed by atoms with Gasteiger partial charge in [-0.25, -0.2) is 0 Å². The van der Waals surface area contributed by atoms with Gasteiger partial charge in [0.1, 0.15) is 0 Å². The molecule has 1 aromatic carbocycles. The molecule has 106 valence electrons. The molecule has 0 bridgehead atoms. The highest BCUT2D eigenvalue weighted by molar-refractivity contribution is 6.30. The molecule has 1 saturated carbocycles. The summed E-state index contributed by atoms with van der Waals surface area (Å²) in [5.74, 6) is 0.797. The molecule has 1 atom stereocenters. The number of methoxy groups -OCH3 is 1. The van der Waals surface area contributed by atoms with E-state index >= 15 is 0 Å². The second-order valence-electron chi connectivity index (χ2n) is 5.89. The Kier molecular flexibility index (Phi) is 4.88. The van der Waals surface area contributed by atoms with E-state index in [0.29, 0.717) is 0 Å². The van der Waals surface area contributed by atoms with E-state index in [1.54, 1.807) is 7.11 Å². The van der Waals surface area contributed by atoms with Crippen molar-refractivity contribution in [1.82, 2.24) is 0 Å². The maximum Gasteiger partial charge on any atom is 0.0832 e. The van der Waals surface area contributed by atoms with Gasteiger partial charge in [0.25, 0.3) is 0 Å². The van der Waals surface area contributed by atoms with E-state index < -0.39 is 0 Å². The van der Waals surface area contributed by atoms with Crippen molar-refractivity contribution in [2.75, 3.05) is 7.11 Å². The van der Waals surface area contributed by atoms with E-state index in [4.69, 9.17) is 22.1 Å². The smallest absolute Gasteiger partial charge is 0.0832 e. The fourth-order valence-electron chi connectivity index (χ4n) is 3.04. The molecule has 1 fully saturated rings. The van der Waals surface area contributed by atoms with Crippen molar-refractivity contribution in [3.05, 3.63) is 34.9 Å². The number of nitrogens with two attached hydrogens (primary N) is 1. The second kappa shape index (κ2) is 6.25.